The number of carbonyl (C=O) groups excluding carboxylic acids is 1. The van der Waals surface area contributed by atoms with E-state index in [2.05, 4.69) is 20.7 Å². The van der Waals surface area contributed by atoms with Gasteiger partial charge in [-0.05, 0) is 28.8 Å². The van der Waals surface area contributed by atoms with Crippen molar-refractivity contribution in [3.05, 3.63) is 16.5 Å². The largest absolute Gasteiger partial charge is 0.475 e. The standard InChI is InChI=1S/C10H13BrN2O6S/c11-9-7(5-6(19-9)10(15)16)20(17,18)13-4-2-1-3-8(12)14/h5,13H,1-4H2,(H2,12,14)(H,15,16). The van der Waals surface area contributed by atoms with Crippen molar-refractivity contribution in [1.29, 1.82) is 0 Å². The molecule has 0 aliphatic carbocycles. The number of hydrogen-bond acceptors (Lipinski definition) is 5. The maximum absolute atomic E-state index is 11.9. The lowest BCUT2D eigenvalue weighted by molar-refractivity contribution is -0.118. The fraction of sp³-hybridized carbons (Fsp3) is 0.400. The van der Waals surface area contributed by atoms with Crippen LogP contribution < -0.4 is 10.5 Å². The van der Waals surface area contributed by atoms with Crippen LogP contribution in [0, 0.1) is 0 Å². The molecule has 1 heterocycles. The summed E-state index contributed by atoms with van der Waals surface area (Å²) in [6, 6.07) is 0.915. The highest BCUT2D eigenvalue weighted by molar-refractivity contribution is 9.10. The van der Waals surface area contributed by atoms with Gasteiger partial charge < -0.3 is 15.3 Å². The smallest absolute Gasteiger partial charge is 0.371 e. The van der Waals surface area contributed by atoms with Gasteiger partial charge in [0.1, 0.15) is 4.90 Å². The van der Waals surface area contributed by atoms with Crippen molar-refractivity contribution in [3.63, 3.8) is 0 Å². The third-order valence-corrected chi connectivity index (χ3v) is 4.62. The predicted octanol–water partition coefficient (Wildman–Crippen LogP) is 0.674. The Bertz CT molecular complexity index is 609. The molecule has 1 rings (SSSR count). The van der Waals surface area contributed by atoms with Crippen molar-refractivity contribution in [2.75, 3.05) is 6.54 Å². The first-order valence-electron chi connectivity index (χ1n) is 5.54. The number of aromatic carboxylic acids is 1. The second-order valence-corrected chi connectivity index (χ2v) is 6.33. The normalized spacial score (nSPS) is 11.4. The molecule has 1 aromatic rings. The van der Waals surface area contributed by atoms with E-state index in [1.54, 1.807) is 0 Å². The van der Waals surface area contributed by atoms with Crippen molar-refractivity contribution < 1.29 is 27.5 Å². The Morgan fingerprint density at radius 3 is 2.55 bits per heavy atom. The van der Waals surface area contributed by atoms with Gasteiger partial charge in [0.15, 0.2) is 4.67 Å². The first-order valence-corrected chi connectivity index (χ1v) is 7.82. The molecule has 112 valence electrons. The van der Waals surface area contributed by atoms with Crippen LogP contribution in [0.15, 0.2) is 20.0 Å². The fourth-order valence-corrected chi connectivity index (χ4v) is 3.36. The highest BCUT2D eigenvalue weighted by atomic mass is 79.9. The summed E-state index contributed by atoms with van der Waals surface area (Å²) < 4.78 is 30.7. The molecule has 0 bridgehead atoms. The Balaban J connectivity index is 2.65. The Labute approximate surface area is 123 Å². The summed E-state index contributed by atoms with van der Waals surface area (Å²) >= 11 is 2.85. The van der Waals surface area contributed by atoms with Crippen molar-refractivity contribution in [3.8, 4) is 0 Å². The maximum atomic E-state index is 11.9. The molecule has 0 aromatic carbocycles. The van der Waals surface area contributed by atoms with E-state index in [1.165, 1.54) is 0 Å². The molecule has 8 nitrogen and oxygen atoms in total. The molecule has 1 aromatic heterocycles. The summed E-state index contributed by atoms with van der Waals surface area (Å²) in [6.45, 7) is 0.107. The number of nitrogens with two attached hydrogens (primary N) is 1. The molecule has 10 heteroatoms. The third kappa shape index (κ3) is 4.62. The molecule has 0 saturated carbocycles. The first kappa shape index (κ1) is 16.7. The number of nitrogens with one attached hydrogen (secondary N) is 1. The molecule has 0 spiro atoms. The van der Waals surface area contributed by atoms with Gasteiger partial charge in [-0.2, -0.15) is 0 Å². The van der Waals surface area contributed by atoms with Crippen molar-refractivity contribution in [1.82, 2.24) is 4.72 Å². The minimum Gasteiger partial charge on any atom is -0.475 e. The predicted molar refractivity (Wildman–Crippen MR) is 71.6 cm³/mol. The summed E-state index contributed by atoms with van der Waals surface area (Å²) in [5.74, 6) is -2.30. The van der Waals surface area contributed by atoms with Crippen molar-refractivity contribution in [2.24, 2.45) is 5.73 Å². The van der Waals surface area contributed by atoms with Crippen LogP contribution in [0.2, 0.25) is 0 Å². The lowest BCUT2D eigenvalue weighted by Crippen LogP contribution is -2.25. The zero-order chi connectivity index (χ0) is 15.3. The molecular formula is C10H13BrN2O6S. The van der Waals surface area contributed by atoms with Crippen LogP contribution in [0.25, 0.3) is 0 Å². The number of hydrogen-bond donors (Lipinski definition) is 3. The SMILES string of the molecule is NC(=O)CCCCNS(=O)(=O)c1cc(C(=O)O)oc1Br. The van der Waals surface area contributed by atoms with E-state index in [4.69, 9.17) is 15.3 Å². The first-order chi connectivity index (χ1) is 9.24. The van der Waals surface area contributed by atoms with Crippen LogP contribution in [0.4, 0.5) is 0 Å². The number of carboxylic acids is 1. The van der Waals surface area contributed by atoms with E-state index in [0.717, 1.165) is 6.07 Å². The average Bonchev–Trinajstić information content (AvgIpc) is 2.71. The minimum atomic E-state index is -3.87. The second-order valence-electron chi connectivity index (χ2n) is 3.87. The van der Waals surface area contributed by atoms with E-state index in [0.29, 0.717) is 12.8 Å². The Morgan fingerprint density at radius 2 is 2.05 bits per heavy atom. The molecule has 0 fully saturated rings. The van der Waals surface area contributed by atoms with Crippen LogP contribution >= 0.6 is 15.9 Å². The van der Waals surface area contributed by atoms with Crippen LogP contribution in [0.3, 0.4) is 0 Å². The number of sulfonamides is 1. The van der Waals surface area contributed by atoms with Gasteiger partial charge in [-0.3, -0.25) is 4.79 Å². The van der Waals surface area contributed by atoms with Gasteiger partial charge in [0.2, 0.25) is 21.7 Å². The van der Waals surface area contributed by atoms with Crippen molar-refractivity contribution >= 4 is 37.8 Å². The van der Waals surface area contributed by atoms with E-state index < -0.39 is 27.7 Å². The quantitative estimate of drug-likeness (QED) is 0.576. The lowest BCUT2D eigenvalue weighted by Gasteiger charge is -2.04. The van der Waals surface area contributed by atoms with Crippen LogP contribution in [-0.4, -0.2) is 31.9 Å². The number of unbranched alkanes of at least 4 members (excludes halogenated alkanes) is 1. The topological polar surface area (TPSA) is 140 Å². The zero-order valence-corrected chi connectivity index (χ0v) is 12.7. The molecule has 0 unspecified atom stereocenters. The maximum Gasteiger partial charge on any atom is 0.371 e. The van der Waals surface area contributed by atoms with E-state index in [1.807, 2.05) is 0 Å². The molecule has 1 amide bonds. The van der Waals surface area contributed by atoms with Gasteiger partial charge in [0.05, 0.1) is 0 Å². The molecule has 0 atom stereocenters. The number of rotatable bonds is 8. The number of furan rings is 1. The van der Waals surface area contributed by atoms with Crippen LogP contribution in [0.5, 0.6) is 0 Å². The Morgan fingerprint density at radius 1 is 1.40 bits per heavy atom. The molecule has 0 radical (unpaired) electrons. The second kappa shape index (κ2) is 6.86. The minimum absolute atomic E-state index is 0.107. The van der Waals surface area contributed by atoms with Crippen LogP contribution in [-0.2, 0) is 14.8 Å². The third-order valence-electron chi connectivity index (χ3n) is 2.30. The van der Waals surface area contributed by atoms with Gasteiger partial charge in [-0.1, -0.05) is 0 Å². The summed E-state index contributed by atoms with van der Waals surface area (Å²) in [6.07, 6.45) is 1.08. The number of primary amides is 1. The monoisotopic (exact) mass is 368 g/mol. The summed E-state index contributed by atoms with van der Waals surface area (Å²) in [4.78, 5) is 20.9. The van der Waals surface area contributed by atoms with E-state index in [-0.39, 0.29) is 22.5 Å². The van der Waals surface area contributed by atoms with Crippen molar-refractivity contribution in [2.45, 2.75) is 24.2 Å². The van der Waals surface area contributed by atoms with E-state index >= 15 is 0 Å². The molecule has 0 aliphatic rings. The molecule has 4 N–H and O–H groups in total. The highest BCUT2D eigenvalue weighted by Gasteiger charge is 2.24. The highest BCUT2D eigenvalue weighted by Crippen LogP contribution is 2.25. The number of halogens is 1. The summed E-state index contributed by atoms with van der Waals surface area (Å²) in [7, 11) is -3.87. The summed E-state index contributed by atoms with van der Waals surface area (Å²) in [5, 5.41) is 8.71. The van der Waals surface area contributed by atoms with Gasteiger partial charge in [-0.15, -0.1) is 0 Å². The van der Waals surface area contributed by atoms with Gasteiger partial charge >= 0.3 is 5.97 Å². The van der Waals surface area contributed by atoms with Gasteiger partial charge in [0, 0.05) is 19.0 Å². The molecule has 0 aliphatic heterocycles. The molecule has 0 saturated heterocycles. The number of carboxylic acid groups (broad SMARTS) is 1. The number of amides is 1. The average molecular weight is 369 g/mol. The zero-order valence-electron chi connectivity index (χ0n) is 10.3. The molecular weight excluding hydrogens is 356 g/mol. The Hall–Kier alpha value is -1.39. The van der Waals surface area contributed by atoms with Gasteiger partial charge in [-0.25, -0.2) is 17.9 Å². The Kier molecular flexibility index (Phi) is 5.72. The fourth-order valence-electron chi connectivity index (χ4n) is 1.35. The van der Waals surface area contributed by atoms with E-state index in [9.17, 15) is 18.0 Å². The summed E-state index contributed by atoms with van der Waals surface area (Å²) in [5.41, 5.74) is 4.95. The lowest BCUT2D eigenvalue weighted by atomic mass is 10.2. The van der Waals surface area contributed by atoms with Gasteiger partial charge in [0.25, 0.3) is 0 Å². The van der Waals surface area contributed by atoms with Crippen LogP contribution in [0.1, 0.15) is 29.8 Å². The number of carbonyl (C=O) groups is 2. The molecule has 20 heavy (non-hydrogen) atoms.